The van der Waals surface area contributed by atoms with Crippen LogP contribution in [-0.2, 0) is 11.2 Å². The van der Waals surface area contributed by atoms with Gasteiger partial charge in [0.15, 0.2) is 0 Å². The number of Topliss-reactive ketones (excluding diaryl/α,β-unsaturated/α-hetero) is 1. The van der Waals surface area contributed by atoms with Gasteiger partial charge in [0.05, 0.1) is 0 Å². The van der Waals surface area contributed by atoms with Crippen molar-refractivity contribution in [3.8, 4) is 0 Å². The zero-order valence-electron chi connectivity index (χ0n) is 9.17. The van der Waals surface area contributed by atoms with Crippen molar-refractivity contribution in [1.82, 2.24) is 0 Å². The van der Waals surface area contributed by atoms with Crippen LogP contribution in [0, 0.1) is 11.7 Å². The predicted molar refractivity (Wildman–Crippen MR) is 65.6 cm³/mol. The Balaban J connectivity index is 2.65. The third kappa shape index (κ3) is 4.02. The van der Waals surface area contributed by atoms with E-state index < -0.39 is 0 Å². The summed E-state index contributed by atoms with van der Waals surface area (Å²) >= 11 is 3.30. The standard InChI is InChI=1S/C12H15BrFNO/c1-8(7-15)4-11(16)6-9-5-10(14)2-3-12(9)13/h2-3,5,8H,4,6-7,15H2,1H3. The van der Waals surface area contributed by atoms with E-state index in [4.69, 9.17) is 5.73 Å². The van der Waals surface area contributed by atoms with Crippen LogP contribution in [0.25, 0.3) is 0 Å². The van der Waals surface area contributed by atoms with Gasteiger partial charge in [0.2, 0.25) is 0 Å². The SMILES string of the molecule is CC(CN)CC(=O)Cc1cc(F)ccc1Br. The van der Waals surface area contributed by atoms with E-state index in [1.165, 1.54) is 12.1 Å². The maximum atomic E-state index is 13.0. The van der Waals surface area contributed by atoms with Crippen LogP contribution in [0.5, 0.6) is 0 Å². The largest absolute Gasteiger partial charge is 0.330 e. The zero-order valence-corrected chi connectivity index (χ0v) is 10.8. The van der Waals surface area contributed by atoms with Gasteiger partial charge in [-0.2, -0.15) is 0 Å². The Kier molecular flexibility index (Phi) is 5.09. The number of hydrogen-bond acceptors (Lipinski definition) is 2. The first kappa shape index (κ1) is 13.3. The van der Waals surface area contributed by atoms with E-state index >= 15 is 0 Å². The lowest BCUT2D eigenvalue weighted by Crippen LogP contribution is -2.16. The smallest absolute Gasteiger partial charge is 0.137 e. The average molecular weight is 288 g/mol. The minimum absolute atomic E-state index is 0.0873. The topological polar surface area (TPSA) is 43.1 Å². The molecule has 0 fully saturated rings. The molecule has 0 aliphatic rings. The number of nitrogens with two attached hydrogens (primary N) is 1. The Bertz CT molecular complexity index is 381. The molecule has 2 N–H and O–H groups in total. The lowest BCUT2D eigenvalue weighted by Gasteiger charge is -2.08. The van der Waals surface area contributed by atoms with Crippen molar-refractivity contribution in [1.29, 1.82) is 0 Å². The molecule has 88 valence electrons. The molecule has 0 heterocycles. The fraction of sp³-hybridized carbons (Fsp3) is 0.417. The van der Waals surface area contributed by atoms with E-state index in [2.05, 4.69) is 15.9 Å². The van der Waals surface area contributed by atoms with Crippen molar-refractivity contribution in [2.75, 3.05) is 6.54 Å². The van der Waals surface area contributed by atoms with Crippen molar-refractivity contribution >= 4 is 21.7 Å². The van der Waals surface area contributed by atoms with Crippen molar-refractivity contribution in [3.63, 3.8) is 0 Å². The molecule has 4 heteroatoms. The normalized spacial score (nSPS) is 12.5. The van der Waals surface area contributed by atoms with Crippen LogP contribution < -0.4 is 5.73 Å². The Morgan fingerprint density at radius 2 is 2.25 bits per heavy atom. The lowest BCUT2D eigenvalue weighted by atomic mass is 10.00. The Morgan fingerprint density at radius 3 is 2.88 bits per heavy atom. The number of halogens is 2. The minimum Gasteiger partial charge on any atom is -0.330 e. The van der Waals surface area contributed by atoms with Crippen molar-refractivity contribution < 1.29 is 9.18 Å². The summed E-state index contributed by atoms with van der Waals surface area (Å²) in [6, 6.07) is 4.36. The summed E-state index contributed by atoms with van der Waals surface area (Å²) < 4.78 is 13.7. The molecule has 0 saturated carbocycles. The van der Waals surface area contributed by atoms with Gasteiger partial charge in [0.1, 0.15) is 11.6 Å². The summed E-state index contributed by atoms with van der Waals surface area (Å²) in [6.45, 7) is 2.43. The Labute approximate surface area is 103 Å². The van der Waals surface area contributed by atoms with Crippen LogP contribution in [0.4, 0.5) is 4.39 Å². The molecule has 0 radical (unpaired) electrons. The van der Waals surface area contributed by atoms with Crippen molar-refractivity contribution in [2.24, 2.45) is 11.7 Å². The van der Waals surface area contributed by atoms with Gasteiger partial charge in [-0.05, 0) is 36.2 Å². The number of rotatable bonds is 5. The molecule has 1 rings (SSSR count). The fourth-order valence-corrected chi connectivity index (χ4v) is 1.82. The second kappa shape index (κ2) is 6.11. The van der Waals surface area contributed by atoms with Gasteiger partial charge >= 0.3 is 0 Å². The highest BCUT2D eigenvalue weighted by molar-refractivity contribution is 9.10. The minimum atomic E-state index is -0.321. The molecule has 16 heavy (non-hydrogen) atoms. The molecule has 1 aromatic carbocycles. The zero-order chi connectivity index (χ0) is 12.1. The van der Waals surface area contributed by atoms with Crippen LogP contribution in [0.2, 0.25) is 0 Å². The van der Waals surface area contributed by atoms with Crippen molar-refractivity contribution in [2.45, 2.75) is 19.8 Å². The van der Waals surface area contributed by atoms with Gasteiger partial charge < -0.3 is 5.73 Å². The Hall–Kier alpha value is -0.740. The van der Waals surface area contributed by atoms with Crippen LogP contribution in [0.15, 0.2) is 22.7 Å². The molecular weight excluding hydrogens is 273 g/mol. The predicted octanol–water partition coefficient (Wildman–Crippen LogP) is 2.68. The molecule has 0 spiro atoms. The maximum absolute atomic E-state index is 13.0. The van der Waals surface area contributed by atoms with Gasteiger partial charge in [-0.25, -0.2) is 4.39 Å². The molecule has 1 unspecified atom stereocenters. The van der Waals surface area contributed by atoms with Gasteiger partial charge in [-0.3, -0.25) is 4.79 Å². The second-order valence-corrected chi connectivity index (χ2v) is 4.85. The first-order valence-corrected chi connectivity index (χ1v) is 5.98. The Morgan fingerprint density at radius 1 is 1.56 bits per heavy atom. The molecule has 1 aromatic rings. The van der Waals surface area contributed by atoms with E-state index in [9.17, 15) is 9.18 Å². The van der Waals surface area contributed by atoms with Gasteiger partial charge in [-0.1, -0.05) is 22.9 Å². The molecule has 0 aromatic heterocycles. The summed E-state index contributed by atoms with van der Waals surface area (Å²) in [4.78, 5) is 11.6. The van der Waals surface area contributed by atoms with E-state index in [1.54, 1.807) is 6.07 Å². The van der Waals surface area contributed by atoms with E-state index in [-0.39, 0.29) is 23.9 Å². The van der Waals surface area contributed by atoms with Crippen LogP contribution in [0.1, 0.15) is 18.9 Å². The quantitative estimate of drug-likeness (QED) is 0.905. The monoisotopic (exact) mass is 287 g/mol. The highest BCUT2D eigenvalue weighted by Gasteiger charge is 2.11. The van der Waals surface area contributed by atoms with Crippen LogP contribution in [-0.4, -0.2) is 12.3 Å². The van der Waals surface area contributed by atoms with E-state index in [0.29, 0.717) is 18.5 Å². The average Bonchev–Trinajstić information content (AvgIpc) is 2.23. The third-order valence-electron chi connectivity index (χ3n) is 2.37. The third-order valence-corrected chi connectivity index (χ3v) is 3.15. The first-order chi connectivity index (χ1) is 7.52. The summed E-state index contributed by atoms with van der Waals surface area (Å²) in [5.74, 6) is -0.0537. The highest BCUT2D eigenvalue weighted by atomic mass is 79.9. The van der Waals surface area contributed by atoms with E-state index in [1.807, 2.05) is 6.92 Å². The van der Waals surface area contributed by atoms with Crippen LogP contribution >= 0.6 is 15.9 Å². The highest BCUT2D eigenvalue weighted by Crippen LogP contribution is 2.19. The molecule has 1 atom stereocenters. The maximum Gasteiger partial charge on any atom is 0.137 e. The van der Waals surface area contributed by atoms with Gasteiger partial charge in [-0.15, -0.1) is 0 Å². The van der Waals surface area contributed by atoms with Crippen LogP contribution in [0.3, 0.4) is 0 Å². The lowest BCUT2D eigenvalue weighted by molar-refractivity contribution is -0.119. The number of benzene rings is 1. The van der Waals surface area contributed by atoms with Gasteiger partial charge in [0.25, 0.3) is 0 Å². The molecular formula is C12H15BrFNO. The molecule has 0 amide bonds. The van der Waals surface area contributed by atoms with E-state index in [0.717, 1.165) is 4.47 Å². The summed E-state index contributed by atoms with van der Waals surface area (Å²) in [7, 11) is 0. The summed E-state index contributed by atoms with van der Waals surface area (Å²) in [5, 5.41) is 0. The molecule has 0 aliphatic heterocycles. The molecule has 0 aliphatic carbocycles. The number of ketones is 1. The van der Waals surface area contributed by atoms with Gasteiger partial charge in [0, 0.05) is 17.3 Å². The second-order valence-electron chi connectivity index (χ2n) is 4.00. The number of carbonyl (C=O) groups is 1. The van der Waals surface area contributed by atoms with Crippen molar-refractivity contribution in [3.05, 3.63) is 34.1 Å². The summed E-state index contributed by atoms with van der Waals surface area (Å²) in [5.41, 5.74) is 6.14. The number of carbonyl (C=O) groups excluding carboxylic acids is 1. The molecule has 0 bridgehead atoms. The number of hydrogen-bond donors (Lipinski definition) is 1. The summed E-state index contributed by atoms with van der Waals surface area (Å²) in [6.07, 6.45) is 0.697. The molecule has 2 nitrogen and oxygen atoms in total. The first-order valence-electron chi connectivity index (χ1n) is 5.18. The fourth-order valence-electron chi connectivity index (χ4n) is 1.44. The molecule has 0 saturated heterocycles.